The summed E-state index contributed by atoms with van der Waals surface area (Å²) in [6, 6.07) is 5.22. The summed E-state index contributed by atoms with van der Waals surface area (Å²) in [5, 5.41) is 4.86. The van der Waals surface area contributed by atoms with E-state index in [0.717, 1.165) is 0 Å². The topological polar surface area (TPSA) is 102 Å². The Bertz CT molecular complexity index is 625. The smallest absolute Gasteiger partial charge is 0.328 e. The van der Waals surface area contributed by atoms with Crippen molar-refractivity contribution in [3.63, 3.8) is 0 Å². The Labute approximate surface area is 134 Å². The highest BCUT2D eigenvalue weighted by Crippen LogP contribution is 2.16. The van der Waals surface area contributed by atoms with Gasteiger partial charge in [0.15, 0.2) is 0 Å². The molecule has 0 aliphatic rings. The Morgan fingerprint density at radius 2 is 1.70 bits per heavy atom. The highest BCUT2D eigenvalue weighted by Gasteiger charge is 2.28. The van der Waals surface area contributed by atoms with Gasteiger partial charge in [0, 0.05) is 6.92 Å². The number of esters is 1. The van der Waals surface area contributed by atoms with Crippen molar-refractivity contribution >= 4 is 29.3 Å². The molecular weight excluding hydrogens is 300 g/mol. The summed E-state index contributed by atoms with van der Waals surface area (Å²) in [5.41, 5.74) is 0.284. The second kappa shape index (κ2) is 8.07. The number of methoxy groups -OCH3 is 1. The van der Waals surface area contributed by atoms with E-state index in [1.165, 1.54) is 26.2 Å². The van der Waals surface area contributed by atoms with Crippen molar-refractivity contribution in [1.82, 2.24) is 5.32 Å². The first-order valence-corrected chi connectivity index (χ1v) is 7.07. The predicted octanol–water partition coefficient (Wildman–Crippen LogP) is 1.14. The third-order valence-corrected chi connectivity index (χ3v) is 3.10. The van der Waals surface area contributed by atoms with Crippen molar-refractivity contribution in [2.24, 2.45) is 5.92 Å². The van der Waals surface area contributed by atoms with Gasteiger partial charge in [-0.15, -0.1) is 0 Å². The molecule has 0 fully saturated rings. The number of carbonyl (C=O) groups excluding carboxylic acids is 4. The summed E-state index contributed by atoms with van der Waals surface area (Å²) >= 11 is 0. The summed E-state index contributed by atoms with van der Waals surface area (Å²) in [6.45, 7) is 4.74. The Morgan fingerprint density at radius 3 is 2.22 bits per heavy atom. The van der Waals surface area contributed by atoms with E-state index in [-0.39, 0.29) is 23.1 Å². The minimum absolute atomic E-state index is 0.0487. The molecule has 1 aromatic rings. The van der Waals surface area contributed by atoms with Crippen LogP contribution in [-0.2, 0) is 19.1 Å². The number of anilines is 1. The average Bonchev–Trinajstić information content (AvgIpc) is 2.50. The number of nitrogens with one attached hydrogen (secondary N) is 2. The van der Waals surface area contributed by atoms with Crippen LogP contribution in [0.2, 0.25) is 0 Å². The third-order valence-electron chi connectivity index (χ3n) is 3.10. The first-order chi connectivity index (χ1) is 10.8. The van der Waals surface area contributed by atoms with Crippen molar-refractivity contribution in [3.05, 3.63) is 29.8 Å². The standard InChI is InChI=1S/C16H20N2O5/c1-9(2)13(16(22)23-4)18-15(21)14(20)11-7-5-6-8-12(11)17-10(3)19/h5-9,13H,1-4H3,(H,17,19)(H,18,21)/t13-/m0/s1. The maximum atomic E-state index is 12.3. The Balaban J connectivity index is 2.99. The lowest BCUT2D eigenvalue weighted by molar-refractivity contribution is -0.145. The largest absolute Gasteiger partial charge is 0.467 e. The fraction of sp³-hybridized carbons (Fsp3) is 0.375. The fourth-order valence-corrected chi connectivity index (χ4v) is 1.93. The zero-order valence-corrected chi connectivity index (χ0v) is 13.5. The molecule has 2 amide bonds. The van der Waals surface area contributed by atoms with Gasteiger partial charge in [-0.25, -0.2) is 4.79 Å². The van der Waals surface area contributed by atoms with Crippen LogP contribution >= 0.6 is 0 Å². The molecule has 0 radical (unpaired) electrons. The van der Waals surface area contributed by atoms with Gasteiger partial charge in [-0.3, -0.25) is 14.4 Å². The molecule has 0 heterocycles. The number of carbonyl (C=O) groups is 4. The molecule has 0 saturated carbocycles. The second-order valence-electron chi connectivity index (χ2n) is 5.27. The van der Waals surface area contributed by atoms with Crippen LogP contribution in [0.25, 0.3) is 0 Å². The maximum absolute atomic E-state index is 12.3. The molecule has 1 aromatic carbocycles. The molecule has 0 bridgehead atoms. The number of amides is 2. The lowest BCUT2D eigenvalue weighted by Gasteiger charge is -2.19. The van der Waals surface area contributed by atoms with Gasteiger partial charge < -0.3 is 15.4 Å². The van der Waals surface area contributed by atoms with Gasteiger partial charge in [0.1, 0.15) is 6.04 Å². The quantitative estimate of drug-likeness (QED) is 0.465. The summed E-state index contributed by atoms with van der Waals surface area (Å²) < 4.78 is 4.61. The number of Topliss-reactive ketones (excluding diaryl/α,β-unsaturated/α-hetero) is 1. The van der Waals surface area contributed by atoms with Gasteiger partial charge in [-0.2, -0.15) is 0 Å². The molecule has 7 heteroatoms. The first-order valence-electron chi connectivity index (χ1n) is 7.07. The van der Waals surface area contributed by atoms with Gasteiger partial charge in [0.05, 0.1) is 18.4 Å². The fourth-order valence-electron chi connectivity index (χ4n) is 1.93. The molecule has 0 aliphatic heterocycles. The van der Waals surface area contributed by atoms with E-state index in [1.54, 1.807) is 26.0 Å². The van der Waals surface area contributed by atoms with Crippen LogP contribution in [0.5, 0.6) is 0 Å². The van der Waals surface area contributed by atoms with Crippen LogP contribution in [-0.4, -0.2) is 36.7 Å². The molecular formula is C16H20N2O5. The van der Waals surface area contributed by atoms with Gasteiger partial charge in [0.25, 0.3) is 11.7 Å². The number of hydrogen-bond acceptors (Lipinski definition) is 5. The molecule has 0 aromatic heterocycles. The molecule has 124 valence electrons. The monoisotopic (exact) mass is 320 g/mol. The van der Waals surface area contributed by atoms with Crippen molar-refractivity contribution in [2.75, 3.05) is 12.4 Å². The summed E-state index contributed by atoms with van der Waals surface area (Å²) in [6.07, 6.45) is 0. The summed E-state index contributed by atoms with van der Waals surface area (Å²) in [5.74, 6) is -3.02. The molecule has 7 nitrogen and oxygen atoms in total. The molecule has 0 spiro atoms. The minimum atomic E-state index is -0.938. The first kappa shape index (κ1) is 18.3. The van der Waals surface area contributed by atoms with Crippen LogP contribution in [0.15, 0.2) is 24.3 Å². The van der Waals surface area contributed by atoms with E-state index in [2.05, 4.69) is 15.4 Å². The van der Waals surface area contributed by atoms with E-state index in [1.807, 2.05) is 0 Å². The summed E-state index contributed by atoms with van der Waals surface area (Å²) in [7, 11) is 1.21. The molecule has 1 rings (SSSR count). The maximum Gasteiger partial charge on any atom is 0.328 e. The highest BCUT2D eigenvalue weighted by atomic mass is 16.5. The second-order valence-corrected chi connectivity index (χ2v) is 5.27. The number of para-hydroxylation sites is 1. The van der Waals surface area contributed by atoms with Crippen molar-refractivity contribution in [1.29, 1.82) is 0 Å². The van der Waals surface area contributed by atoms with Crippen LogP contribution in [0, 0.1) is 5.92 Å². The number of hydrogen-bond donors (Lipinski definition) is 2. The van der Waals surface area contributed by atoms with E-state index >= 15 is 0 Å². The third kappa shape index (κ3) is 4.91. The van der Waals surface area contributed by atoms with E-state index in [0.29, 0.717) is 0 Å². The number of ketones is 1. The summed E-state index contributed by atoms with van der Waals surface area (Å²) in [4.78, 5) is 47.3. The van der Waals surface area contributed by atoms with Crippen LogP contribution in [0.1, 0.15) is 31.1 Å². The predicted molar refractivity (Wildman–Crippen MR) is 83.9 cm³/mol. The molecule has 0 aliphatic carbocycles. The van der Waals surface area contributed by atoms with Gasteiger partial charge >= 0.3 is 5.97 Å². The lowest BCUT2D eigenvalue weighted by atomic mass is 10.0. The van der Waals surface area contributed by atoms with Crippen molar-refractivity contribution < 1.29 is 23.9 Å². The molecule has 1 atom stereocenters. The molecule has 0 saturated heterocycles. The van der Waals surface area contributed by atoms with Crippen LogP contribution < -0.4 is 10.6 Å². The van der Waals surface area contributed by atoms with Gasteiger partial charge in [-0.1, -0.05) is 26.0 Å². The number of benzene rings is 1. The van der Waals surface area contributed by atoms with E-state index in [4.69, 9.17) is 0 Å². The van der Waals surface area contributed by atoms with E-state index < -0.39 is 23.7 Å². The minimum Gasteiger partial charge on any atom is -0.467 e. The average molecular weight is 320 g/mol. The highest BCUT2D eigenvalue weighted by molar-refractivity contribution is 6.44. The van der Waals surface area contributed by atoms with Gasteiger partial charge in [0.2, 0.25) is 5.91 Å². The molecule has 2 N–H and O–H groups in total. The number of ether oxygens (including phenoxy) is 1. The molecule has 0 unspecified atom stereocenters. The Hall–Kier alpha value is -2.70. The Morgan fingerprint density at radius 1 is 1.09 bits per heavy atom. The van der Waals surface area contributed by atoms with Crippen molar-refractivity contribution in [3.8, 4) is 0 Å². The Kier molecular flexibility index (Phi) is 6.44. The van der Waals surface area contributed by atoms with Crippen molar-refractivity contribution in [2.45, 2.75) is 26.8 Å². The van der Waals surface area contributed by atoms with Gasteiger partial charge in [-0.05, 0) is 18.1 Å². The lowest BCUT2D eigenvalue weighted by Crippen LogP contribution is -2.47. The van der Waals surface area contributed by atoms with E-state index in [9.17, 15) is 19.2 Å². The zero-order chi connectivity index (χ0) is 17.6. The molecule has 23 heavy (non-hydrogen) atoms. The van der Waals surface area contributed by atoms with Crippen LogP contribution in [0.3, 0.4) is 0 Å². The van der Waals surface area contributed by atoms with Crippen LogP contribution in [0.4, 0.5) is 5.69 Å². The zero-order valence-electron chi connectivity index (χ0n) is 13.5. The number of rotatable bonds is 6. The SMILES string of the molecule is COC(=O)[C@@H](NC(=O)C(=O)c1ccccc1NC(C)=O)C(C)C. The normalized spacial score (nSPS) is 11.5.